The van der Waals surface area contributed by atoms with Gasteiger partial charge in [0.2, 0.25) is 0 Å². The molecular weight excluding hydrogens is 280 g/mol. The lowest BCUT2D eigenvalue weighted by molar-refractivity contribution is -0.107. The van der Waals surface area contributed by atoms with Crippen LogP contribution >= 0.6 is 0 Å². The van der Waals surface area contributed by atoms with Crippen molar-refractivity contribution in [2.75, 3.05) is 0 Å². The molecule has 0 saturated carbocycles. The maximum atomic E-state index is 10.3. The van der Waals surface area contributed by atoms with Gasteiger partial charge in [-0.3, -0.25) is 0 Å². The van der Waals surface area contributed by atoms with E-state index >= 15 is 0 Å². The van der Waals surface area contributed by atoms with Gasteiger partial charge in [0.05, 0.1) is 0 Å². The number of unbranched alkanes of at least 4 members (excludes halogenated alkanes) is 1. The lowest BCUT2D eigenvalue weighted by atomic mass is 10.1. The van der Waals surface area contributed by atoms with Crippen molar-refractivity contribution in [3.8, 4) is 0 Å². The molecule has 0 atom stereocenters. The van der Waals surface area contributed by atoms with Gasteiger partial charge in [-0.05, 0) is 79.6 Å². The summed E-state index contributed by atoms with van der Waals surface area (Å²) in [5, 5.41) is 0. The van der Waals surface area contributed by atoms with E-state index in [4.69, 9.17) is 0 Å². The molecule has 0 aliphatic rings. The Hall–Kier alpha value is -1.37. The van der Waals surface area contributed by atoms with Crippen LogP contribution in [0, 0.1) is 0 Å². The summed E-state index contributed by atoms with van der Waals surface area (Å²) in [6, 6.07) is 0. The van der Waals surface area contributed by atoms with Crippen molar-refractivity contribution in [2.45, 2.75) is 86.0 Å². The zero-order valence-electron chi connectivity index (χ0n) is 16.0. The Bertz CT molecular complexity index is 443. The molecule has 1 nitrogen and oxygen atoms in total. The van der Waals surface area contributed by atoms with Crippen molar-refractivity contribution in [3.63, 3.8) is 0 Å². The van der Waals surface area contributed by atoms with Gasteiger partial charge >= 0.3 is 0 Å². The maximum absolute atomic E-state index is 10.3. The largest absolute Gasteiger partial charge is 0.303 e. The normalized spacial score (nSPS) is 13.2. The third-order valence-corrected chi connectivity index (χ3v) is 3.93. The standard InChI is InChI=1S/C22H36O/c1-19(2)11-8-14-22(5)16-9-15-20(3)12-6-7-13-21(4)17-10-18-23/h11-13,16,18H,6-10,14-15,17H2,1-5H3. The van der Waals surface area contributed by atoms with Crippen LogP contribution in [0.15, 0.2) is 46.6 Å². The number of rotatable bonds is 12. The Balaban J connectivity index is 3.93. The lowest BCUT2D eigenvalue weighted by Gasteiger charge is -2.02. The molecule has 0 heterocycles. The first-order chi connectivity index (χ1) is 11.0. The molecule has 0 N–H and O–H groups in total. The Morgan fingerprint density at radius 1 is 0.565 bits per heavy atom. The van der Waals surface area contributed by atoms with Crippen LogP contribution < -0.4 is 0 Å². The van der Waals surface area contributed by atoms with Gasteiger partial charge in [-0.1, -0.05) is 46.6 Å². The average molecular weight is 317 g/mol. The molecule has 130 valence electrons. The van der Waals surface area contributed by atoms with Crippen LogP contribution in [0.25, 0.3) is 0 Å². The van der Waals surface area contributed by atoms with E-state index in [2.05, 4.69) is 58.9 Å². The van der Waals surface area contributed by atoms with Gasteiger partial charge < -0.3 is 4.79 Å². The second kappa shape index (κ2) is 14.2. The summed E-state index contributed by atoms with van der Waals surface area (Å²) >= 11 is 0. The number of carbonyl (C=O) groups excluding carboxylic acids is 1. The second-order valence-electron chi connectivity index (χ2n) is 6.79. The molecule has 0 amide bonds. The number of hydrogen-bond donors (Lipinski definition) is 0. The van der Waals surface area contributed by atoms with Crippen LogP contribution in [-0.4, -0.2) is 6.29 Å². The fourth-order valence-electron chi connectivity index (χ4n) is 2.39. The van der Waals surface area contributed by atoms with Crippen molar-refractivity contribution in [1.29, 1.82) is 0 Å². The van der Waals surface area contributed by atoms with Gasteiger partial charge in [0.1, 0.15) is 6.29 Å². The fourth-order valence-corrected chi connectivity index (χ4v) is 2.39. The van der Waals surface area contributed by atoms with Crippen LogP contribution in [0.3, 0.4) is 0 Å². The highest BCUT2D eigenvalue weighted by molar-refractivity contribution is 5.49. The summed E-state index contributed by atoms with van der Waals surface area (Å²) < 4.78 is 0. The highest BCUT2D eigenvalue weighted by Crippen LogP contribution is 2.13. The molecule has 0 aliphatic heterocycles. The van der Waals surface area contributed by atoms with Gasteiger partial charge in [-0.25, -0.2) is 0 Å². The van der Waals surface area contributed by atoms with Crippen LogP contribution in [0.1, 0.15) is 86.0 Å². The minimum absolute atomic E-state index is 0.649. The first-order valence-corrected chi connectivity index (χ1v) is 8.99. The molecular formula is C22H36O. The summed E-state index contributed by atoms with van der Waals surface area (Å²) in [6.45, 7) is 10.9. The van der Waals surface area contributed by atoms with E-state index in [0.717, 1.165) is 44.8 Å². The minimum atomic E-state index is 0.649. The Labute approximate surface area is 144 Å². The van der Waals surface area contributed by atoms with Gasteiger partial charge in [-0.15, -0.1) is 0 Å². The third-order valence-electron chi connectivity index (χ3n) is 3.93. The van der Waals surface area contributed by atoms with E-state index in [1.54, 1.807) is 0 Å². The third kappa shape index (κ3) is 15.3. The Morgan fingerprint density at radius 3 is 1.39 bits per heavy atom. The lowest BCUT2D eigenvalue weighted by Crippen LogP contribution is -1.82. The number of hydrogen-bond acceptors (Lipinski definition) is 1. The van der Waals surface area contributed by atoms with E-state index < -0.39 is 0 Å². The van der Waals surface area contributed by atoms with Crippen LogP contribution in [-0.2, 0) is 4.79 Å². The van der Waals surface area contributed by atoms with Crippen molar-refractivity contribution >= 4 is 6.29 Å². The predicted molar refractivity (Wildman–Crippen MR) is 104 cm³/mol. The molecule has 0 rings (SSSR count). The van der Waals surface area contributed by atoms with Crippen LogP contribution in [0.2, 0.25) is 0 Å². The zero-order valence-corrected chi connectivity index (χ0v) is 16.0. The number of carbonyl (C=O) groups is 1. The quantitative estimate of drug-likeness (QED) is 0.213. The van der Waals surface area contributed by atoms with E-state index in [1.807, 2.05) is 0 Å². The van der Waals surface area contributed by atoms with E-state index in [0.29, 0.717) is 6.42 Å². The SMILES string of the molecule is CC(C)=CCCC(C)=CCCC(C)=CCCC=C(C)CCC=O. The Morgan fingerprint density at radius 2 is 0.957 bits per heavy atom. The van der Waals surface area contributed by atoms with E-state index in [-0.39, 0.29) is 0 Å². The molecule has 0 unspecified atom stereocenters. The number of allylic oxidation sites excluding steroid dienone is 8. The first-order valence-electron chi connectivity index (χ1n) is 8.99. The molecule has 0 aromatic heterocycles. The molecule has 0 bridgehead atoms. The molecule has 0 radical (unpaired) electrons. The molecule has 1 heteroatoms. The second-order valence-corrected chi connectivity index (χ2v) is 6.79. The molecule has 23 heavy (non-hydrogen) atoms. The minimum Gasteiger partial charge on any atom is -0.303 e. The summed E-state index contributed by atoms with van der Waals surface area (Å²) in [5.41, 5.74) is 5.73. The average Bonchev–Trinajstić information content (AvgIpc) is 2.49. The highest BCUT2D eigenvalue weighted by atomic mass is 16.1. The Kier molecular flexibility index (Phi) is 13.4. The maximum Gasteiger partial charge on any atom is 0.120 e. The summed E-state index contributed by atoms with van der Waals surface area (Å²) in [6.07, 6.45) is 18.7. The van der Waals surface area contributed by atoms with Gasteiger partial charge in [0, 0.05) is 6.42 Å². The summed E-state index contributed by atoms with van der Waals surface area (Å²) in [5.74, 6) is 0. The topological polar surface area (TPSA) is 17.1 Å². The van der Waals surface area contributed by atoms with E-state index in [1.165, 1.54) is 28.7 Å². The molecule has 0 aromatic carbocycles. The first kappa shape index (κ1) is 21.6. The monoisotopic (exact) mass is 316 g/mol. The predicted octanol–water partition coefficient (Wildman–Crippen LogP) is 7.11. The van der Waals surface area contributed by atoms with Crippen molar-refractivity contribution in [2.24, 2.45) is 0 Å². The van der Waals surface area contributed by atoms with Crippen molar-refractivity contribution in [3.05, 3.63) is 46.6 Å². The molecule has 0 aromatic rings. The van der Waals surface area contributed by atoms with Crippen molar-refractivity contribution < 1.29 is 4.79 Å². The molecule has 0 aliphatic carbocycles. The van der Waals surface area contributed by atoms with E-state index in [9.17, 15) is 4.79 Å². The summed E-state index contributed by atoms with van der Waals surface area (Å²) in [4.78, 5) is 10.3. The van der Waals surface area contributed by atoms with Crippen molar-refractivity contribution in [1.82, 2.24) is 0 Å². The molecule has 0 fully saturated rings. The zero-order chi connectivity index (χ0) is 17.5. The smallest absolute Gasteiger partial charge is 0.120 e. The fraction of sp³-hybridized carbons (Fsp3) is 0.591. The van der Waals surface area contributed by atoms with Crippen LogP contribution in [0.5, 0.6) is 0 Å². The molecule has 0 spiro atoms. The summed E-state index contributed by atoms with van der Waals surface area (Å²) in [7, 11) is 0. The van der Waals surface area contributed by atoms with Gasteiger partial charge in [-0.2, -0.15) is 0 Å². The molecule has 0 saturated heterocycles. The van der Waals surface area contributed by atoms with Gasteiger partial charge in [0.25, 0.3) is 0 Å². The number of aldehydes is 1. The highest BCUT2D eigenvalue weighted by Gasteiger charge is 1.93. The van der Waals surface area contributed by atoms with Crippen LogP contribution in [0.4, 0.5) is 0 Å². The van der Waals surface area contributed by atoms with Gasteiger partial charge in [0.15, 0.2) is 0 Å².